The third-order valence-electron chi connectivity index (χ3n) is 3.11. The fourth-order valence-corrected chi connectivity index (χ4v) is 2.88. The predicted octanol–water partition coefficient (Wildman–Crippen LogP) is 2.56. The summed E-state index contributed by atoms with van der Waals surface area (Å²) in [5, 5.41) is 9.07. The summed E-state index contributed by atoms with van der Waals surface area (Å²) >= 11 is 3.54. The number of halogens is 1. The van der Waals surface area contributed by atoms with Crippen LogP contribution >= 0.6 is 15.9 Å². The Hall–Kier alpha value is -0.580. The highest BCUT2D eigenvalue weighted by atomic mass is 79.9. The van der Waals surface area contributed by atoms with Crippen LogP contribution in [0.1, 0.15) is 18.4 Å². The maximum absolute atomic E-state index is 9.07. The monoisotopic (exact) mass is 299 g/mol. The number of rotatable bonds is 4. The van der Waals surface area contributed by atoms with Crippen LogP contribution in [0.3, 0.4) is 0 Å². The summed E-state index contributed by atoms with van der Waals surface area (Å²) in [6.45, 7) is 1.88. The molecule has 0 amide bonds. The van der Waals surface area contributed by atoms with Gasteiger partial charge in [0.05, 0.1) is 18.4 Å². The summed E-state index contributed by atoms with van der Waals surface area (Å²) in [7, 11) is 2.07. The van der Waals surface area contributed by atoms with E-state index in [4.69, 9.17) is 9.84 Å². The Morgan fingerprint density at radius 3 is 2.94 bits per heavy atom. The van der Waals surface area contributed by atoms with Gasteiger partial charge >= 0.3 is 0 Å². The van der Waals surface area contributed by atoms with Crippen molar-refractivity contribution in [2.45, 2.75) is 25.6 Å². The molecule has 0 aromatic heterocycles. The van der Waals surface area contributed by atoms with Gasteiger partial charge in [-0.3, -0.25) is 0 Å². The molecule has 1 aliphatic rings. The van der Waals surface area contributed by atoms with Gasteiger partial charge in [-0.15, -0.1) is 0 Å². The van der Waals surface area contributed by atoms with Gasteiger partial charge in [0, 0.05) is 24.7 Å². The van der Waals surface area contributed by atoms with Crippen molar-refractivity contribution in [3.8, 4) is 0 Å². The van der Waals surface area contributed by atoms with Gasteiger partial charge in [-0.1, -0.05) is 6.07 Å². The Bertz CT molecular complexity index is 378. The molecule has 1 unspecified atom stereocenters. The van der Waals surface area contributed by atoms with Crippen LogP contribution in [0.5, 0.6) is 0 Å². The number of hydrogen-bond donors (Lipinski definition) is 1. The molecule has 94 valence electrons. The first-order valence-electron chi connectivity index (χ1n) is 5.92. The normalized spacial score (nSPS) is 19.6. The van der Waals surface area contributed by atoms with E-state index in [1.54, 1.807) is 0 Å². The number of ether oxygens (including phenoxy) is 1. The van der Waals surface area contributed by atoms with Crippen LogP contribution in [0, 0.1) is 0 Å². The topological polar surface area (TPSA) is 32.7 Å². The van der Waals surface area contributed by atoms with Crippen molar-refractivity contribution in [3.63, 3.8) is 0 Å². The van der Waals surface area contributed by atoms with Crippen molar-refractivity contribution in [2.75, 3.05) is 25.1 Å². The molecule has 1 heterocycles. The van der Waals surface area contributed by atoms with Gasteiger partial charge in [0.25, 0.3) is 0 Å². The average molecular weight is 300 g/mol. The van der Waals surface area contributed by atoms with Crippen LogP contribution in [0.2, 0.25) is 0 Å². The van der Waals surface area contributed by atoms with E-state index in [2.05, 4.69) is 27.9 Å². The Kier molecular flexibility index (Phi) is 4.42. The van der Waals surface area contributed by atoms with Crippen LogP contribution < -0.4 is 4.90 Å². The number of aliphatic hydroxyl groups excluding tert-OH is 1. The molecule has 1 aromatic carbocycles. The second-order valence-electron chi connectivity index (χ2n) is 4.46. The molecular weight excluding hydrogens is 282 g/mol. The molecule has 1 N–H and O–H groups in total. The molecule has 0 spiro atoms. The molecule has 0 saturated carbocycles. The van der Waals surface area contributed by atoms with Crippen molar-refractivity contribution in [1.29, 1.82) is 0 Å². The standard InChI is InChI=1S/C13H18BrNO2/c1-15(8-11-3-2-6-17-11)13-5-4-10(9-16)7-12(13)14/h4-5,7,11,16H,2-3,6,8-9H2,1H3. The highest BCUT2D eigenvalue weighted by molar-refractivity contribution is 9.10. The summed E-state index contributed by atoms with van der Waals surface area (Å²) < 4.78 is 6.65. The predicted molar refractivity (Wildman–Crippen MR) is 72.3 cm³/mol. The third-order valence-corrected chi connectivity index (χ3v) is 3.74. The number of aliphatic hydroxyl groups is 1. The summed E-state index contributed by atoms with van der Waals surface area (Å²) in [5.41, 5.74) is 2.06. The molecule has 1 saturated heterocycles. The van der Waals surface area contributed by atoms with E-state index < -0.39 is 0 Å². The van der Waals surface area contributed by atoms with Crippen LogP contribution in [0.15, 0.2) is 22.7 Å². The minimum Gasteiger partial charge on any atom is -0.392 e. The lowest BCUT2D eigenvalue weighted by Gasteiger charge is -2.24. The van der Waals surface area contributed by atoms with Crippen LogP contribution in [-0.2, 0) is 11.3 Å². The fraction of sp³-hybridized carbons (Fsp3) is 0.538. The Morgan fingerprint density at radius 2 is 2.35 bits per heavy atom. The van der Waals surface area contributed by atoms with Gasteiger partial charge in [0.2, 0.25) is 0 Å². The quantitative estimate of drug-likeness (QED) is 0.927. The van der Waals surface area contributed by atoms with Gasteiger partial charge in [-0.05, 0) is 46.5 Å². The molecule has 1 aromatic rings. The van der Waals surface area contributed by atoms with E-state index in [9.17, 15) is 0 Å². The van der Waals surface area contributed by atoms with E-state index in [1.807, 2.05) is 18.2 Å². The molecule has 1 fully saturated rings. The zero-order valence-corrected chi connectivity index (χ0v) is 11.6. The molecule has 3 nitrogen and oxygen atoms in total. The minimum atomic E-state index is 0.0777. The van der Waals surface area contributed by atoms with Crippen molar-refractivity contribution in [2.24, 2.45) is 0 Å². The first kappa shape index (κ1) is 12.9. The number of hydrogen-bond acceptors (Lipinski definition) is 3. The van der Waals surface area contributed by atoms with E-state index >= 15 is 0 Å². The number of anilines is 1. The van der Waals surface area contributed by atoms with Crippen LogP contribution in [0.4, 0.5) is 5.69 Å². The SMILES string of the molecule is CN(CC1CCCO1)c1ccc(CO)cc1Br. The van der Waals surface area contributed by atoms with E-state index in [-0.39, 0.29) is 6.61 Å². The van der Waals surface area contributed by atoms with E-state index in [0.717, 1.165) is 35.3 Å². The molecule has 0 aliphatic carbocycles. The van der Waals surface area contributed by atoms with Crippen molar-refractivity contribution in [3.05, 3.63) is 28.2 Å². The van der Waals surface area contributed by atoms with Crippen molar-refractivity contribution >= 4 is 21.6 Å². The lowest BCUT2D eigenvalue weighted by molar-refractivity contribution is 0.116. The number of benzene rings is 1. The molecule has 1 aliphatic heterocycles. The maximum atomic E-state index is 9.07. The molecule has 1 atom stereocenters. The van der Waals surface area contributed by atoms with Gasteiger partial charge in [-0.2, -0.15) is 0 Å². The second-order valence-corrected chi connectivity index (χ2v) is 5.31. The first-order valence-corrected chi connectivity index (χ1v) is 6.72. The number of likely N-dealkylation sites (N-methyl/N-ethyl adjacent to an activating group) is 1. The second kappa shape index (κ2) is 5.85. The van der Waals surface area contributed by atoms with E-state index in [0.29, 0.717) is 6.10 Å². The Labute approximate surface area is 111 Å². The van der Waals surface area contributed by atoms with Gasteiger partial charge in [-0.25, -0.2) is 0 Å². The van der Waals surface area contributed by atoms with Gasteiger partial charge in [0.15, 0.2) is 0 Å². The molecule has 17 heavy (non-hydrogen) atoms. The maximum Gasteiger partial charge on any atom is 0.0750 e. The largest absolute Gasteiger partial charge is 0.392 e. The van der Waals surface area contributed by atoms with Crippen molar-refractivity contribution in [1.82, 2.24) is 0 Å². The van der Waals surface area contributed by atoms with Gasteiger partial charge in [0.1, 0.15) is 0 Å². The molecule has 0 bridgehead atoms. The van der Waals surface area contributed by atoms with Crippen LogP contribution in [0.25, 0.3) is 0 Å². The van der Waals surface area contributed by atoms with E-state index in [1.165, 1.54) is 6.42 Å². The molecule has 2 rings (SSSR count). The lowest BCUT2D eigenvalue weighted by atomic mass is 10.2. The lowest BCUT2D eigenvalue weighted by Crippen LogP contribution is -2.28. The summed E-state index contributed by atoms with van der Waals surface area (Å²) in [5.74, 6) is 0. The zero-order chi connectivity index (χ0) is 12.3. The Balaban J connectivity index is 2.04. The average Bonchev–Trinajstić information content (AvgIpc) is 2.81. The van der Waals surface area contributed by atoms with Crippen molar-refractivity contribution < 1.29 is 9.84 Å². The third kappa shape index (κ3) is 3.21. The molecular formula is C13H18BrNO2. The highest BCUT2D eigenvalue weighted by Gasteiger charge is 2.18. The minimum absolute atomic E-state index is 0.0777. The fourth-order valence-electron chi connectivity index (χ4n) is 2.15. The summed E-state index contributed by atoms with van der Waals surface area (Å²) in [4.78, 5) is 2.20. The Morgan fingerprint density at radius 1 is 1.53 bits per heavy atom. The smallest absolute Gasteiger partial charge is 0.0750 e. The van der Waals surface area contributed by atoms with Crippen LogP contribution in [-0.4, -0.2) is 31.4 Å². The molecule has 0 radical (unpaired) electrons. The summed E-state index contributed by atoms with van der Waals surface area (Å²) in [6.07, 6.45) is 2.67. The number of nitrogens with zero attached hydrogens (tertiary/aromatic N) is 1. The highest BCUT2D eigenvalue weighted by Crippen LogP contribution is 2.27. The first-order chi connectivity index (χ1) is 8.20. The van der Waals surface area contributed by atoms with Gasteiger partial charge < -0.3 is 14.7 Å². The summed E-state index contributed by atoms with van der Waals surface area (Å²) in [6, 6.07) is 5.94. The zero-order valence-electron chi connectivity index (χ0n) is 10.0. The molecule has 4 heteroatoms.